The van der Waals surface area contributed by atoms with Crippen LogP contribution in [0.2, 0.25) is 0 Å². The van der Waals surface area contributed by atoms with E-state index in [1.807, 2.05) is 61.6 Å². The number of hydrogen-bond acceptors (Lipinski definition) is 11. The highest BCUT2D eigenvalue weighted by Gasteiger charge is 2.28. The lowest BCUT2D eigenvalue weighted by Gasteiger charge is -2.20. The molecule has 0 amide bonds. The minimum atomic E-state index is -4.87. The molecule has 16 heteroatoms. The number of rotatable bonds is 37. The molecule has 0 aliphatic carbocycles. The number of aliphatic hydroxyl groups is 2. The van der Waals surface area contributed by atoms with Crippen molar-refractivity contribution in [2.75, 3.05) is 26.4 Å². The summed E-state index contributed by atoms with van der Waals surface area (Å²) in [4.78, 5) is 52.5. The molecule has 0 aromatic heterocycles. The molecule has 0 rings (SSSR count). The molecular weight excluding hydrogens is 778 g/mol. The predicted molar refractivity (Wildman–Crippen MR) is 222 cm³/mol. The Labute approximate surface area is 341 Å². The lowest BCUT2D eigenvalue weighted by molar-refractivity contribution is -0.161. The smallest absolute Gasteiger partial charge is 0.462 e. The molecule has 0 aromatic rings. The van der Waals surface area contributed by atoms with E-state index in [1.165, 1.54) is 32.1 Å². The SMILES string of the molecule is CC/C=C\C(O)C/C=C/C=C\C/C=C\C/C=C\CCCC(=O)OC[C@H](COP(=O)(O)OC[C@@H](O)COP(=O)(O)O)OC(=O)CCCCCCCCCCC(C)CC. The zero-order chi connectivity index (χ0) is 42.6. The Morgan fingerprint density at radius 3 is 1.89 bits per heavy atom. The highest BCUT2D eigenvalue weighted by Crippen LogP contribution is 2.43. The summed E-state index contributed by atoms with van der Waals surface area (Å²) in [5.74, 6) is -0.351. The molecule has 3 unspecified atom stereocenters. The monoisotopic (exact) mass is 850 g/mol. The number of phosphoric ester groups is 2. The molecule has 0 radical (unpaired) electrons. The number of esters is 2. The fourth-order valence-electron chi connectivity index (χ4n) is 5.03. The van der Waals surface area contributed by atoms with Crippen LogP contribution in [0.4, 0.5) is 0 Å². The summed E-state index contributed by atoms with van der Waals surface area (Å²) >= 11 is 0. The molecule has 0 saturated carbocycles. The highest BCUT2D eigenvalue weighted by atomic mass is 31.2. The second-order valence-electron chi connectivity index (χ2n) is 14.0. The van der Waals surface area contributed by atoms with Gasteiger partial charge in [-0.2, -0.15) is 0 Å². The van der Waals surface area contributed by atoms with Gasteiger partial charge < -0.3 is 34.4 Å². The van der Waals surface area contributed by atoms with Crippen LogP contribution in [0.25, 0.3) is 0 Å². The third-order valence-electron chi connectivity index (χ3n) is 8.53. The third-order valence-corrected chi connectivity index (χ3v) is 9.96. The molecule has 57 heavy (non-hydrogen) atoms. The van der Waals surface area contributed by atoms with Crippen molar-refractivity contribution in [1.82, 2.24) is 0 Å². The van der Waals surface area contributed by atoms with Gasteiger partial charge in [0.05, 0.1) is 25.9 Å². The van der Waals surface area contributed by atoms with Crippen LogP contribution in [-0.2, 0) is 41.8 Å². The van der Waals surface area contributed by atoms with E-state index in [0.717, 1.165) is 50.9 Å². The van der Waals surface area contributed by atoms with Crippen LogP contribution in [-0.4, -0.2) is 81.6 Å². The number of allylic oxidation sites excluding steroid dienone is 8. The Bertz CT molecular complexity index is 1280. The maximum atomic E-state index is 12.6. The molecule has 330 valence electrons. The number of hydrogen-bond donors (Lipinski definition) is 5. The largest absolute Gasteiger partial charge is 0.472 e. The van der Waals surface area contributed by atoms with E-state index in [0.29, 0.717) is 25.7 Å². The zero-order valence-corrected chi connectivity index (χ0v) is 36.2. The summed E-state index contributed by atoms with van der Waals surface area (Å²) in [6.07, 6.45) is 31.5. The average Bonchev–Trinajstić information content (AvgIpc) is 3.16. The van der Waals surface area contributed by atoms with Gasteiger partial charge in [-0.25, -0.2) is 9.13 Å². The van der Waals surface area contributed by atoms with E-state index in [4.69, 9.17) is 23.8 Å². The van der Waals surface area contributed by atoms with Gasteiger partial charge in [0.25, 0.3) is 0 Å². The minimum absolute atomic E-state index is 0.0972. The Hall–Kier alpha value is -2.22. The van der Waals surface area contributed by atoms with Gasteiger partial charge in [0.15, 0.2) is 6.10 Å². The Kier molecular flexibility index (Phi) is 34.3. The first kappa shape index (κ1) is 54.8. The lowest BCUT2D eigenvalue weighted by atomic mass is 9.99. The molecule has 5 atom stereocenters. The summed E-state index contributed by atoms with van der Waals surface area (Å²) < 4.78 is 47.6. The maximum Gasteiger partial charge on any atom is 0.472 e. The quantitative estimate of drug-likeness (QED) is 0.0130. The Morgan fingerprint density at radius 2 is 1.23 bits per heavy atom. The fraction of sp³-hybridized carbons (Fsp3) is 0.707. The van der Waals surface area contributed by atoms with E-state index in [-0.39, 0.29) is 12.8 Å². The van der Waals surface area contributed by atoms with Crippen molar-refractivity contribution in [3.63, 3.8) is 0 Å². The molecule has 0 aromatic carbocycles. The van der Waals surface area contributed by atoms with Crippen molar-refractivity contribution in [3.8, 4) is 0 Å². The summed E-state index contributed by atoms with van der Waals surface area (Å²) in [6, 6.07) is 0. The molecule has 14 nitrogen and oxygen atoms in total. The molecule has 0 bridgehead atoms. The standard InChI is InChI=1S/C41H72O14P2/c1-4-6-28-37(42)29-24-20-16-11-9-7-8-10-12-17-21-25-30-40(44)51-34-39(35-54-57(49,50)53-33-38(43)32-52-56(46,47)48)55-41(45)31-26-22-18-14-13-15-19-23-27-36(3)5-2/h6-8,11-12,16-17,20,24,28,36-39,42-43H,4-5,9-10,13-15,18-19,21-23,25-27,29-35H2,1-3H3,(H,49,50)(H2,46,47,48)/b8-7-,16-11-,17-12-,24-20+,28-6-/t36?,37?,38-,39+/m0/s1. The summed E-state index contributed by atoms with van der Waals surface area (Å²) in [5, 5.41) is 19.5. The fourth-order valence-corrected chi connectivity index (χ4v) is 6.18. The molecule has 0 spiro atoms. The predicted octanol–water partition coefficient (Wildman–Crippen LogP) is 8.88. The van der Waals surface area contributed by atoms with Crippen molar-refractivity contribution in [2.45, 2.75) is 155 Å². The minimum Gasteiger partial charge on any atom is -0.462 e. The van der Waals surface area contributed by atoms with E-state index in [9.17, 15) is 33.8 Å². The first-order chi connectivity index (χ1) is 27.2. The van der Waals surface area contributed by atoms with E-state index < -0.39 is 72.3 Å². The molecule has 0 aliphatic heterocycles. The average molecular weight is 851 g/mol. The van der Waals surface area contributed by atoms with Gasteiger partial charge >= 0.3 is 27.6 Å². The van der Waals surface area contributed by atoms with Gasteiger partial charge in [0.2, 0.25) is 0 Å². The maximum absolute atomic E-state index is 12.6. The summed E-state index contributed by atoms with van der Waals surface area (Å²) in [7, 11) is -9.70. The molecular formula is C41H72O14P2. The second-order valence-corrected chi connectivity index (χ2v) is 16.7. The number of carbonyl (C=O) groups is 2. The van der Waals surface area contributed by atoms with Crippen molar-refractivity contribution in [2.24, 2.45) is 5.92 Å². The van der Waals surface area contributed by atoms with Crippen LogP contribution in [0.15, 0.2) is 60.8 Å². The first-order valence-corrected chi connectivity index (χ1v) is 23.5. The Morgan fingerprint density at radius 1 is 0.649 bits per heavy atom. The van der Waals surface area contributed by atoms with Gasteiger partial charge in [0, 0.05) is 12.8 Å². The number of ether oxygens (including phenoxy) is 2. The molecule has 0 fully saturated rings. The van der Waals surface area contributed by atoms with E-state index >= 15 is 0 Å². The van der Waals surface area contributed by atoms with E-state index in [1.54, 1.807) is 6.08 Å². The summed E-state index contributed by atoms with van der Waals surface area (Å²) in [5.41, 5.74) is 0. The number of unbranched alkanes of at least 4 members (excludes halogenated alkanes) is 8. The van der Waals surface area contributed by atoms with Gasteiger partial charge in [-0.3, -0.25) is 23.2 Å². The van der Waals surface area contributed by atoms with Gasteiger partial charge in [-0.15, -0.1) is 0 Å². The van der Waals surface area contributed by atoms with Crippen molar-refractivity contribution < 1.29 is 66.7 Å². The van der Waals surface area contributed by atoms with Crippen LogP contribution in [0.1, 0.15) is 136 Å². The molecule has 0 aliphatic rings. The van der Waals surface area contributed by atoms with Gasteiger partial charge in [0.1, 0.15) is 12.7 Å². The van der Waals surface area contributed by atoms with Crippen LogP contribution < -0.4 is 0 Å². The topological polar surface area (TPSA) is 216 Å². The van der Waals surface area contributed by atoms with Crippen LogP contribution in [0.5, 0.6) is 0 Å². The number of aliphatic hydroxyl groups excluding tert-OH is 2. The summed E-state index contributed by atoms with van der Waals surface area (Å²) in [6.45, 7) is 3.71. The first-order valence-electron chi connectivity index (χ1n) is 20.5. The zero-order valence-electron chi connectivity index (χ0n) is 34.4. The van der Waals surface area contributed by atoms with Crippen molar-refractivity contribution in [3.05, 3.63) is 60.8 Å². The van der Waals surface area contributed by atoms with Crippen LogP contribution >= 0.6 is 15.6 Å². The van der Waals surface area contributed by atoms with Crippen molar-refractivity contribution >= 4 is 27.6 Å². The Balaban J connectivity index is 4.68. The molecule has 0 heterocycles. The van der Waals surface area contributed by atoms with Crippen LogP contribution in [0.3, 0.4) is 0 Å². The lowest BCUT2D eigenvalue weighted by Crippen LogP contribution is -2.30. The molecule has 0 saturated heterocycles. The van der Waals surface area contributed by atoms with Crippen molar-refractivity contribution in [1.29, 1.82) is 0 Å². The van der Waals surface area contributed by atoms with Gasteiger partial charge in [-0.1, -0.05) is 139 Å². The second kappa shape index (κ2) is 35.7. The van der Waals surface area contributed by atoms with Crippen LogP contribution in [0, 0.1) is 5.92 Å². The third kappa shape index (κ3) is 39.0. The number of phosphoric acid groups is 2. The normalized spacial score (nSPS) is 15.9. The highest BCUT2D eigenvalue weighted by molar-refractivity contribution is 7.47. The molecule has 5 N–H and O–H groups in total. The van der Waals surface area contributed by atoms with Gasteiger partial charge in [-0.05, 0) is 50.9 Å². The van der Waals surface area contributed by atoms with E-state index in [2.05, 4.69) is 22.9 Å². The number of carbonyl (C=O) groups excluding carboxylic acids is 2.